The maximum absolute atomic E-state index is 12.2. The van der Waals surface area contributed by atoms with Gasteiger partial charge >= 0.3 is 17.5 Å². The molecule has 0 atom stereocenters. The number of esters is 1. The lowest BCUT2D eigenvalue weighted by Crippen LogP contribution is -2.31. The molecule has 0 saturated carbocycles. The SMILES string of the molecule is COC(=O)c1ccc(Oc2ncnc(NNC(=O)Cc3ccc([N+](=O)[O-])cc3)c2[N+](=O)[O-])cc1. The van der Waals surface area contributed by atoms with E-state index in [-0.39, 0.29) is 29.2 Å². The first-order chi connectivity index (χ1) is 16.3. The summed E-state index contributed by atoms with van der Waals surface area (Å²) >= 11 is 0. The van der Waals surface area contributed by atoms with E-state index >= 15 is 0 Å². The predicted octanol–water partition coefficient (Wildman–Crippen LogP) is 2.56. The molecule has 0 aliphatic heterocycles. The summed E-state index contributed by atoms with van der Waals surface area (Å²) in [5.74, 6) is -1.73. The van der Waals surface area contributed by atoms with E-state index in [2.05, 4.69) is 25.6 Å². The molecule has 2 aromatic carbocycles. The van der Waals surface area contributed by atoms with Gasteiger partial charge in [0.1, 0.15) is 12.1 Å². The Kier molecular flexibility index (Phi) is 7.23. The molecule has 3 rings (SSSR count). The highest BCUT2D eigenvalue weighted by molar-refractivity contribution is 5.89. The number of nitrogens with one attached hydrogen (secondary N) is 2. The Morgan fingerprint density at radius 1 is 0.971 bits per heavy atom. The van der Waals surface area contributed by atoms with E-state index in [4.69, 9.17) is 4.74 Å². The third kappa shape index (κ3) is 5.76. The van der Waals surface area contributed by atoms with Crippen molar-refractivity contribution in [3.05, 3.63) is 86.2 Å². The standard InChI is InChI=1S/C20H16N6O8/c1-33-20(28)13-4-8-15(9-5-13)34-19-17(26(31)32)18(21-11-22-19)24-23-16(27)10-12-2-6-14(7-3-12)25(29)30/h2-9,11H,10H2,1H3,(H,23,27)(H,21,22,24). The number of hydrazine groups is 1. The zero-order valence-corrected chi connectivity index (χ0v) is 17.5. The van der Waals surface area contributed by atoms with Gasteiger partial charge in [0.15, 0.2) is 0 Å². The number of nitro groups is 2. The van der Waals surface area contributed by atoms with Gasteiger partial charge < -0.3 is 9.47 Å². The maximum Gasteiger partial charge on any atom is 0.374 e. The minimum absolute atomic E-state index is 0.119. The molecule has 0 aliphatic rings. The first-order valence-electron chi connectivity index (χ1n) is 9.42. The van der Waals surface area contributed by atoms with E-state index in [0.29, 0.717) is 5.56 Å². The predicted molar refractivity (Wildman–Crippen MR) is 115 cm³/mol. The molecule has 3 aromatic rings. The fourth-order valence-electron chi connectivity index (χ4n) is 2.68. The molecule has 0 radical (unpaired) electrons. The van der Waals surface area contributed by atoms with Gasteiger partial charge in [-0.3, -0.25) is 35.9 Å². The van der Waals surface area contributed by atoms with Gasteiger partial charge in [-0.15, -0.1) is 0 Å². The van der Waals surface area contributed by atoms with E-state index in [1.807, 2.05) is 0 Å². The molecule has 1 amide bonds. The lowest BCUT2D eigenvalue weighted by atomic mass is 10.1. The average Bonchev–Trinajstić information content (AvgIpc) is 2.83. The minimum atomic E-state index is -0.789. The number of hydrogen-bond donors (Lipinski definition) is 2. The highest BCUT2D eigenvalue weighted by Gasteiger charge is 2.25. The number of methoxy groups -OCH3 is 1. The molecule has 1 heterocycles. The molecule has 0 unspecified atom stereocenters. The fourth-order valence-corrected chi connectivity index (χ4v) is 2.68. The van der Waals surface area contributed by atoms with Crippen LogP contribution >= 0.6 is 0 Å². The number of nitro benzene ring substituents is 1. The number of carbonyl (C=O) groups is 2. The van der Waals surface area contributed by atoms with Gasteiger partial charge in [-0.25, -0.2) is 9.78 Å². The summed E-state index contributed by atoms with van der Waals surface area (Å²) in [5, 5.41) is 22.3. The first kappa shape index (κ1) is 23.5. The number of anilines is 1. The molecule has 174 valence electrons. The van der Waals surface area contributed by atoms with Crippen LogP contribution in [0.2, 0.25) is 0 Å². The number of non-ortho nitro benzene ring substituents is 1. The average molecular weight is 468 g/mol. The molecular formula is C20H16N6O8. The monoisotopic (exact) mass is 468 g/mol. The number of hydrogen-bond acceptors (Lipinski definition) is 11. The second-order valence-electron chi connectivity index (χ2n) is 6.52. The molecule has 34 heavy (non-hydrogen) atoms. The quantitative estimate of drug-likeness (QED) is 0.267. The van der Waals surface area contributed by atoms with Crippen LogP contribution in [0.25, 0.3) is 0 Å². The number of ether oxygens (including phenoxy) is 2. The van der Waals surface area contributed by atoms with Gasteiger partial charge in [-0.1, -0.05) is 12.1 Å². The molecule has 1 aromatic heterocycles. The first-order valence-corrected chi connectivity index (χ1v) is 9.42. The third-order valence-corrected chi connectivity index (χ3v) is 4.29. The molecule has 0 fully saturated rings. The number of carbonyl (C=O) groups excluding carboxylic acids is 2. The summed E-state index contributed by atoms with van der Waals surface area (Å²) in [6, 6.07) is 11.0. The fraction of sp³-hybridized carbons (Fsp3) is 0.100. The van der Waals surface area contributed by atoms with E-state index < -0.39 is 33.3 Å². The Hall–Kier alpha value is -5.14. The van der Waals surface area contributed by atoms with Crippen molar-refractivity contribution in [2.45, 2.75) is 6.42 Å². The van der Waals surface area contributed by atoms with Crippen LogP contribution in [0.15, 0.2) is 54.9 Å². The molecule has 14 nitrogen and oxygen atoms in total. The Morgan fingerprint density at radius 2 is 1.65 bits per heavy atom. The normalized spacial score (nSPS) is 10.1. The van der Waals surface area contributed by atoms with Crippen molar-refractivity contribution in [1.29, 1.82) is 0 Å². The minimum Gasteiger partial charge on any atom is -0.465 e. The smallest absolute Gasteiger partial charge is 0.374 e. The van der Waals surface area contributed by atoms with Crippen LogP contribution in [0.5, 0.6) is 11.6 Å². The van der Waals surface area contributed by atoms with Crippen LogP contribution in [0.4, 0.5) is 17.2 Å². The summed E-state index contributed by atoms with van der Waals surface area (Å²) in [4.78, 5) is 52.2. The lowest BCUT2D eigenvalue weighted by molar-refractivity contribution is -0.385. The Balaban J connectivity index is 1.70. The topological polar surface area (TPSA) is 189 Å². The molecule has 14 heteroatoms. The number of aromatic nitrogens is 2. The van der Waals surface area contributed by atoms with Crippen LogP contribution < -0.4 is 15.6 Å². The molecule has 2 N–H and O–H groups in total. The second-order valence-corrected chi connectivity index (χ2v) is 6.52. The summed E-state index contributed by atoms with van der Waals surface area (Å²) in [7, 11) is 1.23. The van der Waals surface area contributed by atoms with Crippen molar-refractivity contribution < 1.29 is 28.9 Å². The number of nitrogens with zero attached hydrogens (tertiary/aromatic N) is 4. The third-order valence-electron chi connectivity index (χ3n) is 4.29. The zero-order valence-electron chi connectivity index (χ0n) is 17.5. The van der Waals surface area contributed by atoms with Gasteiger partial charge in [-0.2, -0.15) is 4.98 Å². The summed E-state index contributed by atoms with van der Waals surface area (Å²) in [5.41, 5.74) is 4.61. The number of benzene rings is 2. The number of rotatable bonds is 9. The number of amides is 1. The van der Waals surface area contributed by atoms with Gasteiger partial charge in [0, 0.05) is 12.1 Å². The van der Waals surface area contributed by atoms with Crippen molar-refractivity contribution >= 4 is 29.1 Å². The molecule has 0 saturated heterocycles. The Bertz CT molecular complexity index is 1230. The van der Waals surface area contributed by atoms with Crippen molar-refractivity contribution in [3.8, 4) is 11.6 Å². The zero-order chi connectivity index (χ0) is 24.7. The van der Waals surface area contributed by atoms with Crippen LogP contribution in [-0.2, 0) is 16.0 Å². The lowest BCUT2D eigenvalue weighted by Gasteiger charge is -2.10. The van der Waals surface area contributed by atoms with E-state index in [9.17, 15) is 29.8 Å². The molecule has 0 bridgehead atoms. The van der Waals surface area contributed by atoms with Crippen LogP contribution in [0, 0.1) is 20.2 Å². The largest absolute Gasteiger partial charge is 0.465 e. The van der Waals surface area contributed by atoms with Crippen LogP contribution in [0.3, 0.4) is 0 Å². The van der Waals surface area contributed by atoms with Crippen molar-refractivity contribution in [2.24, 2.45) is 0 Å². The second kappa shape index (κ2) is 10.4. The van der Waals surface area contributed by atoms with Gasteiger partial charge in [0.05, 0.1) is 28.9 Å². The van der Waals surface area contributed by atoms with Gasteiger partial charge in [-0.05, 0) is 29.8 Å². The molecule has 0 aliphatic carbocycles. The van der Waals surface area contributed by atoms with E-state index in [1.54, 1.807) is 0 Å². The van der Waals surface area contributed by atoms with Gasteiger partial charge in [0.25, 0.3) is 5.69 Å². The summed E-state index contributed by atoms with van der Waals surface area (Å²) in [6.07, 6.45) is 0.843. The van der Waals surface area contributed by atoms with Crippen molar-refractivity contribution in [2.75, 3.05) is 12.5 Å². The van der Waals surface area contributed by atoms with Crippen molar-refractivity contribution in [3.63, 3.8) is 0 Å². The van der Waals surface area contributed by atoms with Gasteiger partial charge in [0.2, 0.25) is 11.7 Å². The Morgan fingerprint density at radius 3 is 2.24 bits per heavy atom. The Labute approximate surface area is 190 Å². The van der Waals surface area contributed by atoms with E-state index in [1.165, 1.54) is 55.6 Å². The summed E-state index contributed by atoms with van der Waals surface area (Å²) in [6.45, 7) is 0. The maximum atomic E-state index is 12.2. The highest BCUT2D eigenvalue weighted by Crippen LogP contribution is 2.33. The van der Waals surface area contributed by atoms with Crippen molar-refractivity contribution in [1.82, 2.24) is 15.4 Å². The summed E-state index contributed by atoms with van der Waals surface area (Å²) < 4.78 is 10.1. The van der Waals surface area contributed by atoms with Crippen LogP contribution in [0.1, 0.15) is 15.9 Å². The van der Waals surface area contributed by atoms with Crippen LogP contribution in [-0.4, -0.2) is 38.8 Å². The highest BCUT2D eigenvalue weighted by atomic mass is 16.6. The molecular weight excluding hydrogens is 452 g/mol. The van der Waals surface area contributed by atoms with E-state index in [0.717, 1.165) is 6.33 Å². The molecule has 0 spiro atoms.